The molecule has 6 unspecified atom stereocenters. The summed E-state index contributed by atoms with van der Waals surface area (Å²) in [5, 5.41) is 32.4. The maximum Gasteiger partial charge on any atom is 0.474 e. The van der Waals surface area contributed by atoms with Crippen LogP contribution in [0.25, 0.3) is 0 Å². The second-order valence-electron chi connectivity index (χ2n) is 34.5. The topological polar surface area (TPSA) is 558 Å². The van der Waals surface area contributed by atoms with E-state index in [9.17, 15) is 86.0 Å². The quantitative estimate of drug-likeness (QED) is 0.0153. The van der Waals surface area contributed by atoms with Crippen LogP contribution in [0.1, 0.15) is 258 Å². The molecule has 0 aromatic rings. The number of phosphoric ester groups is 5. The van der Waals surface area contributed by atoms with Crippen molar-refractivity contribution >= 4 is 80.2 Å². The molecule has 1 fully saturated rings. The molecule has 766 valence electrons. The van der Waals surface area contributed by atoms with Crippen LogP contribution >= 0.6 is 39.1 Å². The number of piperidine rings is 1. The number of hydrogen-bond donors (Lipinski definition) is 12. The number of phosphoric acid groups is 5. The van der Waals surface area contributed by atoms with Gasteiger partial charge in [0.15, 0.2) is 20.4 Å². The Balaban J connectivity index is -0.000000343. The summed E-state index contributed by atoms with van der Waals surface area (Å²) in [6.07, 6.45) is 3.27. The third kappa shape index (κ3) is 98.9. The van der Waals surface area contributed by atoms with Crippen molar-refractivity contribution in [1.82, 2.24) is 31.5 Å². The molecule has 0 spiro atoms. The van der Waals surface area contributed by atoms with E-state index in [4.69, 9.17) is 47.1 Å². The molecule has 0 saturated carbocycles. The summed E-state index contributed by atoms with van der Waals surface area (Å²) in [5.74, 6) is 1.72. The van der Waals surface area contributed by atoms with E-state index in [2.05, 4.69) is 99.8 Å². The van der Waals surface area contributed by atoms with Gasteiger partial charge < -0.3 is 89.3 Å². The molecule has 1 saturated heterocycles. The van der Waals surface area contributed by atoms with Crippen LogP contribution in [-0.2, 0) is 130 Å². The van der Waals surface area contributed by atoms with Gasteiger partial charge in [-0.3, -0.25) is 84.1 Å². The monoisotopic (exact) mass is 1960 g/mol. The van der Waals surface area contributed by atoms with Gasteiger partial charge in [0.25, 0.3) is 0 Å². The summed E-state index contributed by atoms with van der Waals surface area (Å²) in [7, 11) is -20.5. The van der Waals surface area contributed by atoms with Gasteiger partial charge in [-0.05, 0) is 138 Å². The molecule has 0 aromatic carbocycles. The molecule has 0 bridgehead atoms. The second kappa shape index (κ2) is 80.0. The fourth-order valence-electron chi connectivity index (χ4n) is 8.75. The number of aliphatic hydroxyl groups is 2. The molecule has 0 radical (unpaired) electrons. The van der Waals surface area contributed by atoms with Gasteiger partial charge in [0.2, 0.25) is 29.5 Å². The number of likely N-dealkylation sites (tertiary alicyclic amines) is 1. The largest absolute Gasteiger partial charge is 0.474 e. The van der Waals surface area contributed by atoms with Crippen LogP contribution in [0, 0.1) is 59.2 Å². The number of ether oxygens (including phenoxy) is 6. The number of nitrogens with zero attached hydrogens (tertiary/aromatic N) is 1. The molecular weight excluding hydrogens is 1780 g/mol. The smallest absolute Gasteiger partial charge is 0.396 e. The molecular formula is C82H173N6O35P5. The van der Waals surface area contributed by atoms with Crippen LogP contribution in [-0.4, -0.2) is 256 Å². The highest BCUT2D eigenvalue weighted by molar-refractivity contribution is 7.48. The SMILES string of the molecule is CC(C)CC(=O)NCNC(C)C.CC(C)CCNC(=O)CCC(=O)C(C)C.CC(C)CCOCCNC(=O)C(C)C.CC(C)COP(=O)(O)OC1CCN(C(=O)CC(C)C)CC1.CC(C)OCOCC(CO)COCOP(=O)(O)OC(C)C.CC(C)OP(=O)(O)OCCNC(=O)CCC(=O)C(C)C.CC(C)OP(=O)(O)OCOCC(CO)COCOP(=O)(O)OC(C)C. The van der Waals surface area contributed by atoms with E-state index in [1.54, 1.807) is 74.1 Å². The minimum Gasteiger partial charge on any atom is -0.396 e. The molecule has 6 atom stereocenters. The zero-order valence-electron chi connectivity index (χ0n) is 82.3. The maximum absolute atomic E-state index is 11.9. The number of nitrogens with one attached hydrogen (secondary N) is 5. The van der Waals surface area contributed by atoms with Crippen LogP contribution < -0.4 is 26.6 Å². The van der Waals surface area contributed by atoms with Crippen LogP contribution in [0.4, 0.5) is 0 Å². The van der Waals surface area contributed by atoms with E-state index in [-0.39, 0.29) is 162 Å². The van der Waals surface area contributed by atoms with E-state index in [1.807, 2.05) is 83.1 Å². The summed E-state index contributed by atoms with van der Waals surface area (Å²) in [6, 6.07) is 0.421. The molecule has 41 nitrogen and oxygen atoms in total. The average molecular weight is 1960 g/mol. The van der Waals surface area contributed by atoms with Crippen LogP contribution in [0.15, 0.2) is 0 Å². The van der Waals surface area contributed by atoms with Crippen molar-refractivity contribution in [1.29, 1.82) is 0 Å². The Bertz CT molecular complexity index is 3040. The number of amides is 5. The first-order valence-electron chi connectivity index (χ1n) is 44.2. The number of aliphatic hydroxyl groups excluding tert-OH is 2. The van der Waals surface area contributed by atoms with Crippen molar-refractivity contribution in [2.45, 2.75) is 301 Å². The summed E-state index contributed by atoms with van der Waals surface area (Å²) in [6.45, 7) is 55.3. The van der Waals surface area contributed by atoms with E-state index in [0.29, 0.717) is 108 Å². The standard InChI is InChI=1S/C14H28NO5P.C12H24NO6P.C12H23NO2.C12H28O11P2.C12H27O8P.C11H23NO2.C9H20N2O/c1-11(2)9-14(16)15-7-5-13(6-8-15)20-21(17,18)19-10-12(3)4;1-9(2)11(14)5-6-12(15)13-7-8-18-20(16,17)19-10(3)4;1-9(2)7-8-13-12(15)6-5-11(14)10(3)4;1-10(2)22-24(14,15)20-8-18-6-12(5-13)7-19-9-21-25(16,17)23-11(3)4;1-10(2)18-8-16-6-12(5-13)7-17-9-19-21(14,15)20-11(3)4;1-9(2)5-7-14-8-6-12-11(13)10(3)4;1-7(2)5-9(12)11-6-10-8(3)4/h11-13H,5-10H2,1-4H3,(H,17,18);9-10H,5-8H2,1-4H3,(H,13,15)(H,16,17);9-10H,5-8H2,1-4H3,(H,13,15);10-13H,5-9H2,1-4H3,(H,14,15)(H,16,17);10-13H,5-9H2,1-4H3,(H,14,15);9-10H,5-8H2,1-4H3,(H,12,13);7-8,10H,5-6H2,1-4H3,(H,11,12). The lowest BCUT2D eigenvalue weighted by Crippen LogP contribution is -2.41. The molecule has 0 aliphatic carbocycles. The summed E-state index contributed by atoms with van der Waals surface area (Å²) in [4.78, 5) is 128. The van der Waals surface area contributed by atoms with Crippen molar-refractivity contribution in [2.24, 2.45) is 59.2 Å². The molecule has 46 heteroatoms. The zero-order valence-corrected chi connectivity index (χ0v) is 86.7. The van der Waals surface area contributed by atoms with Gasteiger partial charge in [0.1, 0.15) is 18.4 Å². The second-order valence-corrected chi connectivity index (χ2v) is 41.5. The average Bonchev–Trinajstić information content (AvgIpc) is 0.857. The van der Waals surface area contributed by atoms with Gasteiger partial charge in [-0.15, -0.1) is 0 Å². The number of ketones is 2. The lowest BCUT2D eigenvalue weighted by Gasteiger charge is -2.32. The highest BCUT2D eigenvalue weighted by atomic mass is 31.2. The molecule has 1 aliphatic rings. The van der Waals surface area contributed by atoms with Crippen molar-refractivity contribution in [2.75, 3.05) is 133 Å². The van der Waals surface area contributed by atoms with Gasteiger partial charge >= 0.3 is 39.1 Å². The third-order valence-corrected chi connectivity index (χ3v) is 21.0. The molecule has 12 N–H and O–H groups in total. The maximum atomic E-state index is 11.9. The Morgan fingerprint density at radius 2 is 0.750 bits per heavy atom. The van der Waals surface area contributed by atoms with E-state index in [0.717, 1.165) is 19.4 Å². The highest BCUT2D eigenvalue weighted by Gasteiger charge is 2.32. The van der Waals surface area contributed by atoms with E-state index < -0.39 is 89.8 Å². The number of carbonyl (C=O) groups excluding carboxylic acids is 7. The lowest BCUT2D eigenvalue weighted by atomic mass is 10.0. The normalized spacial score (nSPS) is 15.3. The third-order valence-electron chi connectivity index (χ3n) is 15.4. The Kier molecular flexibility index (Phi) is 84.8. The van der Waals surface area contributed by atoms with Gasteiger partial charge in [-0.1, -0.05) is 111 Å². The minimum absolute atomic E-state index is 0.00958. The van der Waals surface area contributed by atoms with Crippen molar-refractivity contribution < 1.29 is 165 Å². The Morgan fingerprint density at radius 3 is 1.09 bits per heavy atom. The summed E-state index contributed by atoms with van der Waals surface area (Å²) in [5.41, 5.74) is 0. The van der Waals surface area contributed by atoms with E-state index >= 15 is 0 Å². The minimum atomic E-state index is -4.19. The Hall–Kier alpha value is -3.12. The molecule has 128 heavy (non-hydrogen) atoms. The molecule has 1 aliphatic heterocycles. The number of hydrogen-bond acceptors (Lipinski definition) is 31. The number of Topliss-reactive ketones (excluding diaryl/α,β-unsaturated/α-hetero) is 2. The van der Waals surface area contributed by atoms with Crippen LogP contribution in [0.5, 0.6) is 0 Å². The molecule has 1 heterocycles. The number of carbonyl (C=O) groups is 7. The van der Waals surface area contributed by atoms with Gasteiger partial charge in [0, 0.05) is 113 Å². The number of rotatable bonds is 64. The molecule has 5 amide bonds. The van der Waals surface area contributed by atoms with Gasteiger partial charge in [-0.25, -0.2) is 22.8 Å². The molecule has 0 aromatic heterocycles. The van der Waals surface area contributed by atoms with Crippen molar-refractivity contribution in [3.63, 3.8) is 0 Å². The van der Waals surface area contributed by atoms with E-state index in [1.165, 1.54) is 0 Å². The summed E-state index contributed by atoms with van der Waals surface area (Å²) < 4.78 is 135. The highest BCUT2D eigenvalue weighted by Crippen LogP contribution is 2.48. The predicted octanol–water partition coefficient (Wildman–Crippen LogP) is 12.7. The first kappa shape index (κ1) is 136. The van der Waals surface area contributed by atoms with Crippen molar-refractivity contribution in [3.8, 4) is 0 Å². The fraction of sp³-hybridized carbons (Fsp3) is 0.915. The molecule has 1 rings (SSSR count). The zero-order chi connectivity index (χ0) is 100.0. The van der Waals surface area contributed by atoms with Gasteiger partial charge in [-0.2, -0.15) is 0 Å². The lowest BCUT2D eigenvalue weighted by molar-refractivity contribution is -0.134. The van der Waals surface area contributed by atoms with Crippen LogP contribution in [0.3, 0.4) is 0 Å². The summed E-state index contributed by atoms with van der Waals surface area (Å²) >= 11 is 0. The Morgan fingerprint density at radius 1 is 0.367 bits per heavy atom. The van der Waals surface area contributed by atoms with Crippen LogP contribution in [0.2, 0.25) is 0 Å². The van der Waals surface area contributed by atoms with Gasteiger partial charge in [0.05, 0.1) is 103 Å². The first-order chi connectivity index (χ1) is 59.1. The fourth-order valence-corrected chi connectivity index (χ4v) is 13.2. The Labute approximate surface area is 765 Å². The first-order valence-corrected chi connectivity index (χ1v) is 51.7. The van der Waals surface area contributed by atoms with Crippen molar-refractivity contribution in [3.05, 3.63) is 0 Å². The predicted molar refractivity (Wildman–Crippen MR) is 487 cm³/mol.